The summed E-state index contributed by atoms with van der Waals surface area (Å²) in [5, 5.41) is 22.2. The van der Waals surface area contributed by atoms with Crippen LogP contribution in [0.2, 0.25) is 0 Å². The predicted molar refractivity (Wildman–Crippen MR) is 143 cm³/mol. The van der Waals surface area contributed by atoms with Crippen LogP contribution in [0.5, 0.6) is 0 Å². The van der Waals surface area contributed by atoms with E-state index >= 15 is 0 Å². The third-order valence-electron chi connectivity index (χ3n) is 14.2. The molecule has 212 valence electrons. The summed E-state index contributed by atoms with van der Waals surface area (Å²) in [6.07, 6.45) is 8.57. The number of aliphatic hydroxyl groups is 1. The number of carbonyl (C=O) groups excluding carboxylic acids is 1. The molecule has 0 amide bonds. The average molecular weight is 529 g/mol. The van der Waals surface area contributed by atoms with Crippen molar-refractivity contribution < 1.29 is 29.3 Å². The van der Waals surface area contributed by atoms with Gasteiger partial charge < -0.3 is 19.7 Å². The van der Waals surface area contributed by atoms with Gasteiger partial charge in [0, 0.05) is 30.1 Å². The highest BCUT2D eigenvalue weighted by Crippen LogP contribution is 2.78. The molecular formula is C32H48O6. The molecule has 6 heteroatoms. The van der Waals surface area contributed by atoms with Crippen LogP contribution in [-0.4, -0.2) is 40.6 Å². The molecule has 7 rings (SSSR count). The summed E-state index contributed by atoms with van der Waals surface area (Å²) in [7, 11) is 0. The van der Waals surface area contributed by atoms with Crippen LogP contribution < -0.4 is 0 Å². The number of fused-ring (bicyclic) bond motifs is 7. The maximum absolute atomic E-state index is 13.2. The van der Waals surface area contributed by atoms with Gasteiger partial charge in [0.2, 0.25) is 0 Å². The average Bonchev–Trinajstić information content (AvgIpc) is 2.83. The monoisotopic (exact) mass is 528 g/mol. The molecule has 5 aliphatic carbocycles. The number of rotatable bonds is 2. The van der Waals surface area contributed by atoms with E-state index in [-0.39, 0.29) is 45.4 Å². The number of allylic oxidation sites excluding steroid dienone is 2. The van der Waals surface area contributed by atoms with Crippen molar-refractivity contribution in [2.45, 2.75) is 112 Å². The first kappa shape index (κ1) is 26.8. The second-order valence-corrected chi connectivity index (χ2v) is 15.3. The summed E-state index contributed by atoms with van der Waals surface area (Å²) >= 11 is 0. The van der Waals surface area contributed by atoms with Gasteiger partial charge in [-0.15, -0.1) is 0 Å². The fourth-order valence-electron chi connectivity index (χ4n) is 11.7. The van der Waals surface area contributed by atoms with Gasteiger partial charge in [0.05, 0.1) is 6.61 Å². The van der Waals surface area contributed by atoms with Crippen molar-refractivity contribution in [2.24, 2.45) is 56.7 Å². The van der Waals surface area contributed by atoms with Gasteiger partial charge in [0.15, 0.2) is 5.79 Å². The van der Waals surface area contributed by atoms with Crippen molar-refractivity contribution in [1.82, 2.24) is 0 Å². The van der Waals surface area contributed by atoms with Gasteiger partial charge in [-0.1, -0.05) is 53.2 Å². The Hall–Kier alpha value is -1.40. The van der Waals surface area contributed by atoms with Crippen LogP contribution in [-0.2, 0) is 19.1 Å². The molecule has 0 aromatic carbocycles. The lowest BCUT2D eigenvalue weighted by Gasteiger charge is -2.74. The molecular weight excluding hydrogens is 480 g/mol. The van der Waals surface area contributed by atoms with Crippen molar-refractivity contribution in [1.29, 1.82) is 0 Å². The molecule has 2 heterocycles. The van der Waals surface area contributed by atoms with Gasteiger partial charge in [-0.25, -0.2) is 0 Å². The third kappa shape index (κ3) is 2.87. The van der Waals surface area contributed by atoms with E-state index in [1.807, 2.05) is 0 Å². The Balaban J connectivity index is 1.47. The number of hydrogen-bond donors (Lipinski definition) is 2. The molecule has 0 aromatic heterocycles. The normalized spacial score (nSPS) is 54.5. The summed E-state index contributed by atoms with van der Waals surface area (Å²) in [4.78, 5) is 25.4. The maximum Gasteiger partial charge on any atom is 0.314 e. The van der Waals surface area contributed by atoms with Crippen molar-refractivity contribution in [3.63, 3.8) is 0 Å². The fourth-order valence-corrected chi connectivity index (χ4v) is 11.7. The third-order valence-corrected chi connectivity index (χ3v) is 14.2. The van der Waals surface area contributed by atoms with Crippen molar-refractivity contribution in [3.05, 3.63) is 11.6 Å². The van der Waals surface area contributed by atoms with E-state index < -0.39 is 23.3 Å². The lowest BCUT2D eigenvalue weighted by atomic mass is 9.32. The van der Waals surface area contributed by atoms with Crippen LogP contribution in [0.4, 0.5) is 0 Å². The molecule has 4 saturated carbocycles. The quantitative estimate of drug-likeness (QED) is 0.339. The predicted octanol–water partition coefficient (Wildman–Crippen LogP) is 5.97. The van der Waals surface area contributed by atoms with E-state index in [1.165, 1.54) is 12.5 Å². The summed E-state index contributed by atoms with van der Waals surface area (Å²) in [6.45, 7) is 15.8. The van der Waals surface area contributed by atoms with Gasteiger partial charge >= 0.3 is 11.9 Å². The second kappa shape index (κ2) is 7.87. The highest BCUT2D eigenvalue weighted by Gasteiger charge is 2.75. The first-order valence-corrected chi connectivity index (χ1v) is 15.1. The number of ether oxygens (including phenoxy) is 2. The van der Waals surface area contributed by atoms with E-state index in [1.54, 1.807) is 0 Å². The first-order valence-electron chi connectivity index (χ1n) is 15.1. The van der Waals surface area contributed by atoms with Crippen LogP contribution in [0.3, 0.4) is 0 Å². The molecule has 0 radical (unpaired) electrons. The highest BCUT2D eigenvalue weighted by molar-refractivity contribution is 5.78. The molecule has 6 nitrogen and oxygen atoms in total. The standard InChI is InChI=1S/C32H48O6/c1-18-16-24(38-20(3)33)31(26(34)35)14-12-28(6)21(25(31)19(18)2)8-9-23-29(28,7)11-10-22-27(4,5)32(36)15-13-30(22,23)17-37-32/h8,18-19,22-25,36H,9-17H2,1-7H3,(H,34,35)/t18-,19+,22+,23+,24-,25?,28-,29-,30-,31-,32-/m1/s1. The van der Waals surface area contributed by atoms with Crippen LogP contribution in [0.15, 0.2) is 11.6 Å². The summed E-state index contributed by atoms with van der Waals surface area (Å²) in [5.41, 5.74) is -0.106. The summed E-state index contributed by atoms with van der Waals surface area (Å²) in [5.74, 6) is -1.05. The molecule has 1 unspecified atom stereocenters. The van der Waals surface area contributed by atoms with Gasteiger partial charge in [-0.2, -0.15) is 0 Å². The number of hydrogen-bond acceptors (Lipinski definition) is 5. The minimum Gasteiger partial charge on any atom is -0.481 e. The van der Waals surface area contributed by atoms with Crippen molar-refractivity contribution in [3.8, 4) is 0 Å². The zero-order valence-electron chi connectivity index (χ0n) is 24.4. The maximum atomic E-state index is 13.2. The van der Waals surface area contributed by atoms with Crippen molar-refractivity contribution in [2.75, 3.05) is 6.61 Å². The van der Waals surface area contributed by atoms with Gasteiger partial charge in [0.25, 0.3) is 0 Å². The van der Waals surface area contributed by atoms with Crippen LogP contribution in [0, 0.1) is 56.7 Å². The number of carboxylic acid groups (broad SMARTS) is 1. The minimum atomic E-state index is -1.07. The smallest absolute Gasteiger partial charge is 0.314 e. The Bertz CT molecular complexity index is 1080. The fraction of sp³-hybridized carbons (Fsp3) is 0.875. The summed E-state index contributed by atoms with van der Waals surface area (Å²) < 4.78 is 12.2. The van der Waals surface area contributed by atoms with Crippen LogP contribution >= 0.6 is 0 Å². The SMILES string of the molecule is CC(=O)O[C@@H]1C[C@@H](C)[C@H](C)C2C3=CC[C@@H]4[C@]56CC[C@@](O)(OC5)C(C)(C)[C@@H]6CC[C@@]4(C)[C@]3(C)CC[C@]21C(=O)O. The minimum absolute atomic E-state index is 0.0157. The largest absolute Gasteiger partial charge is 0.481 e. The zero-order chi connectivity index (χ0) is 27.7. The van der Waals surface area contributed by atoms with E-state index in [2.05, 4.69) is 47.6 Å². The molecule has 2 N–H and O–H groups in total. The molecule has 1 spiro atoms. The highest BCUT2D eigenvalue weighted by atomic mass is 16.6. The summed E-state index contributed by atoms with van der Waals surface area (Å²) in [6, 6.07) is 0. The van der Waals surface area contributed by atoms with E-state index in [0.717, 1.165) is 32.1 Å². The molecule has 11 atom stereocenters. The van der Waals surface area contributed by atoms with Gasteiger partial charge in [0.1, 0.15) is 11.5 Å². The lowest BCUT2D eigenvalue weighted by Crippen LogP contribution is -2.73. The van der Waals surface area contributed by atoms with E-state index in [0.29, 0.717) is 37.7 Å². The van der Waals surface area contributed by atoms with Gasteiger partial charge in [-0.3, -0.25) is 9.59 Å². The topological polar surface area (TPSA) is 93.1 Å². The molecule has 6 fully saturated rings. The number of carboxylic acids is 1. The molecule has 2 aliphatic heterocycles. The first-order chi connectivity index (χ1) is 17.6. The lowest BCUT2D eigenvalue weighted by molar-refractivity contribution is -0.395. The Morgan fingerprint density at radius 1 is 1.03 bits per heavy atom. The number of carbonyl (C=O) groups is 2. The Morgan fingerprint density at radius 3 is 2.34 bits per heavy atom. The molecule has 7 aliphatic rings. The Kier molecular flexibility index (Phi) is 5.55. The van der Waals surface area contributed by atoms with Gasteiger partial charge in [-0.05, 0) is 79.4 Å². The van der Waals surface area contributed by atoms with E-state index in [4.69, 9.17) is 9.47 Å². The number of esters is 1. The Labute approximate surface area is 227 Å². The van der Waals surface area contributed by atoms with E-state index in [9.17, 15) is 19.8 Å². The zero-order valence-corrected chi connectivity index (χ0v) is 24.4. The van der Waals surface area contributed by atoms with Crippen LogP contribution in [0.25, 0.3) is 0 Å². The molecule has 38 heavy (non-hydrogen) atoms. The Morgan fingerprint density at radius 2 is 1.74 bits per heavy atom. The van der Waals surface area contributed by atoms with Crippen molar-refractivity contribution >= 4 is 11.9 Å². The second-order valence-electron chi connectivity index (χ2n) is 15.3. The molecule has 0 aromatic rings. The molecule has 2 bridgehead atoms. The molecule has 2 saturated heterocycles. The number of aliphatic carboxylic acids is 1. The van der Waals surface area contributed by atoms with Crippen LogP contribution in [0.1, 0.15) is 99.8 Å².